The van der Waals surface area contributed by atoms with Crippen molar-refractivity contribution < 1.29 is 9.13 Å². The molecular weight excluding hydrogens is 347 g/mol. The van der Waals surface area contributed by atoms with Crippen molar-refractivity contribution in [2.75, 3.05) is 30.3 Å². The Morgan fingerprint density at radius 1 is 1.22 bits per heavy atom. The van der Waals surface area contributed by atoms with E-state index in [2.05, 4.69) is 24.8 Å². The molecule has 8 heteroatoms. The molecule has 1 saturated heterocycles. The first-order valence-corrected chi connectivity index (χ1v) is 9.55. The molecule has 0 amide bonds. The maximum Gasteiger partial charge on any atom is 0.225 e. The molecule has 0 aromatic carbocycles. The van der Waals surface area contributed by atoms with Crippen LogP contribution < -0.4 is 15.4 Å². The van der Waals surface area contributed by atoms with Gasteiger partial charge in [-0.3, -0.25) is 0 Å². The number of aryl methyl sites for hydroxylation is 1. The van der Waals surface area contributed by atoms with Gasteiger partial charge in [0.1, 0.15) is 11.6 Å². The Hall–Kier alpha value is -2.51. The molecule has 2 aromatic rings. The van der Waals surface area contributed by atoms with Gasteiger partial charge in [0, 0.05) is 19.2 Å². The van der Waals surface area contributed by atoms with Crippen molar-refractivity contribution in [3.63, 3.8) is 0 Å². The molecule has 7 nitrogen and oxygen atoms in total. The number of aromatic nitrogens is 4. The fraction of sp³-hybridized carbons (Fsp3) is 0.579. The predicted molar refractivity (Wildman–Crippen MR) is 99.8 cm³/mol. The zero-order valence-corrected chi connectivity index (χ0v) is 15.5. The lowest BCUT2D eigenvalue weighted by Crippen LogP contribution is -2.35. The number of hydrogen-bond acceptors (Lipinski definition) is 7. The Bertz CT molecular complexity index is 758. The van der Waals surface area contributed by atoms with E-state index in [1.165, 1.54) is 18.8 Å². The number of rotatable bonds is 6. The lowest BCUT2D eigenvalue weighted by Gasteiger charge is -2.32. The van der Waals surface area contributed by atoms with Crippen LogP contribution in [0.25, 0.3) is 0 Å². The summed E-state index contributed by atoms with van der Waals surface area (Å²) in [6.07, 6.45) is 7.09. The number of anilines is 2. The van der Waals surface area contributed by atoms with E-state index in [1.807, 2.05) is 6.92 Å². The molecule has 2 fully saturated rings. The molecule has 0 spiro atoms. The number of ether oxygens (including phenoxy) is 1. The minimum Gasteiger partial charge on any atom is -0.478 e. The number of nitrogens with two attached hydrogens (primary N) is 1. The molecule has 2 unspecified atom stereocenters. The minimum atomic E-state index is -0.392. The summed E-state index contributed by atoms with van der Waals surface area (Å²) in [6.45, 7) is 4.35. The molecule has 144 valence electrons. The normalized spacial score (nSPS) is 22.7. The second-order valence-electron chi connectivity index (χ2n) is 7.50. The van der Waals surface area contributed by atoms with Gasteiger partial charge in [0.15, 0.2) is 5.82 Å². The number of halogens is 1. The smallest absolute Gasteiger partial charge is 0.225 e. The number of nitrogens with zero attached hydrogens (tertiary/aromatic N) is 5. The number of hydrogen-bond donors (Lipinski definition) is 1. The zero-order valence-electron chi connectivity index (χ0n) is 15.5. The predicted octanol–water partition coefficient (Wildman–Crippen LogP) is 2.62. The van der Waals surface area contributed by atoms with E-state index in [1.54, 1.807) is 6.07 Å². The first-order valence-electron chi connectivity index (χ1n) is 9.55. The van der Waals surface area contributed by atoms with Crippen LogP contribution in [-0.2, 0) is 0 Å². The molecule has 4 rings (SSSR count). The standard InChI is InChI=1S/C19H25FN6O/c1-12-24-17(21)9-18(25-12)27-7-4-14-8-16(14)13-2-5-26(6-3-13)19-22-10-15(20)11-23-19/h9-11,13-14,16H,2-8H2,1H3,(H2,21,24,25). The van der Waals surface area contributed by atoms with Crippen molar-refractivity contribution in [3.05, 3.63) is 30.1 Å². The van der Waals surface area contributed by atoms with E-state index in [-0.39, 0.29) is 0 Å². The number of piperidine rings is 1. The third kappa shape index (κ3) is 4.43. The van der Waals surface area contributed by atoms with Crippen LogP contribution in [0, 0.1) is 30.5 Å². The molecule has 27 heavy (non-hydrogen) atoms. The van der Waals surface area contributed by atoms with Crippen LogP contribution in [0.1, 0.15) is 31.5 Å². The summed E-state index contributed by atoms with van der Waals surface area (Å²) in [5, 5.41) is 0. The minimum absolute atomic E-state index is 0.392. The molecule has 2 aromatic heterocycles. The lowest BCUT2D eigenvalue weighted by atomic mass is 9.90. The highest BCUT2D eigenvalue weighted by Crippen LogP contribution is 2.49. The van der Waals surface area contributed by atoms with Gasteiger partial charge in [0.2, 0.25) is 11.8 Å². The average Bonchev–Trinajstić information content (AvgIpc) is 3.41. The van der Waals surface area contributed by atoms with E-state index in [0.717, 1.165) is 50.1 Å². The molecule has 0 bridgehead atoms. The van der Waals surface area contributed by atoms with Gasteiger partial charge < -0.3 is 15.4 Å². The molecule has 0 radical (unpaired) electrons. The first-order chi connectivity index (χ1) is 13.1. The van der Waals surface area contributed by atoms with Crippen LogP contribution in [0.2, 0.25) is 0 Å². The average molecular weight is 372 g/mol. The quantitative estimate of drug-likeness (QED) is 0.833. The fourth-order valence-electron chi connectivity index (χ4n) is 4.13. The van der Waals surface area contributed by atoms with E-state index in [9.17, 15) is 4.39 Å². The largest absolute Gasteiger partial charge is 0.478 e. The van der Waals surface area contributed by atoms with Gasteiger partial charge >= 0.3 is 0 Å². The Kier molecular flexibility index (Phi) is 5.05. The Morgan fingerprint density at radius 2 is 1.96 bits per heavy atom. The van der Waals surface area contributed by atoms with Gasteiger partial charge in [0.25, 0.3) is 0 Å². The summed E-state index contributed by atoms with van der Waals surface area (Å²) in [5.74, 6) is 4.16. The van der Waals surface area contributed by atoms with E-state index >= 15 is 0 Å². The molecule has 1 aliphatic heterocycles. The first kappa shape index (κ1) is 17.9. The van der Waals surface area contributed by atoms with Crippen molar-refractivity contribution in [3.8, 4) is 5.88 Å². The van der Waals surface area contributed by atoms with Crippen molar-refractivity contribution in [2.45, 2.75) is 32.6 Å². The molecule has 1 saturated carbocycles. The summed E-state index contributed by atoms with van der Waals surface area (Å²) in [6, 6.07) is 1.67. The van der Waals surface area contributed by atoms with Crippen LogP contribution in [0.4, 0.5) is 16.2 Å². The molecule has 2 aliphatic rings. The lowest BCUT2D eigenvalue weighted by molar-refractivity contribution is 0.275. The van der Waals surface area contributed by atoms with E-state index in [4.69, 9.17) is 10.5 Å². The maximum absolute atomic E-state index is 13.0. The van der Waals surface area contributed by atoms with Crippen LogP contribution in [-0.4, -0.2) is 39.6 Å². The molecular formula is C19H25FN6O. The van der Waals surface area contributed by atoms with Crippen LogP contribution in [0.5, 0.6) is 5.88 Å². The van der Waals surface area contributed by atoms with Crippen LogP contribution in [0.3, 0.4) is 0 Å². The van der Waals surface area contributed by atoms with Crippen molar-refractivity contribution in [2.24, 2.45) is 17.8 Å². The van der Waals surface area contributed by atoms with Gasteiger partial charge in [-0.15, -0.1) is 0 Å². The molecule has 3 heterocycles. The third-order valence-corrected chi connectivity index (χ3v) is 5.58. The highest BCUT2D eigenvalue weighted by molar-refractivity contribution is 5.32. The van der Waals surface area contributed by atoms with Crippen molar-refractivity contribution in [1.82, 2.24) is 19.9 Å². The highest BCUT2D eigenvalue weighted by Gasteiger charge is 2.43. The van der Waals surface area contributed by atoms with Gasteiger partial charge in [-0.05, 0) is 50.4 Å². The van der Waals surface area contributed by atoms with Gasteiger partial charge in [-0.2, -0.15) is 4.98 Å². The maximum atomic E-state index is 13.0. The summed E-state index contributed by atoms with van der Waals surface area (Å²) in [4.78, 5) is 18.6. The SMILES string of the molecule is Cc1nc(N)cc(OCCC2CC2C2CCN(c3ncc(F)cn3)CC2)n1. The van der Waals surface area contributed by atoms with E-state index in [0.29, 0.717) is 30.1 Å². The topological polar surface area (TPSA) is 90.1 Å². The third-order valence-electron chi connectivity index (χ3n) is 5.58. The number of nitrogen functional groups attached to an aromatic ring is 1. The van der Waals surface area contributed by atoms with Crippen molar-refractivity contribution >= 4 is 11.8 Å². The van der Waals surface area contributed by atoms with Gasteiger partial charge in [-0.1, -0.05) is 0 Å². The van der Waals surface area contributed by atoms with Crippen LogP contribution in [0.15, 0.2) is 18.5 Å². The molecule has 2 atom stereocenters. The Balaban J connectivity index is 1.19. The highest BCUT2D eigenvalue weighted by atomic mass is 19.1. The van der Waals surface area contributed by atoms with Gasteiger partial charge in [0.05, 0.1) is 19.0 Å². The Morgan fingerprint density at radius 3 is 2.67 bits per heavy atom. The van der Waals surface area contributed by atoms with E-state index < -0.39 is 5.82 Å². The second-order valence-corrected chi connectivity index (χ2v) is 7.50. The summed E-state index contributed by atoms with van der Waals surface area (Å²) in [5.41, 5.74) is 5.72. The van der Waals surface area contributed by atoms with Gasteiger partial charge in [-0.25, -0.2) is 19.3 Å². The zero-order chi connectivity index (χ0) is 18.8. The summed E-state index contributed by atoms with van der Waals surface area (Å²) >= 11 is 0. The Labute approximate surface area is 158 Å². The summed E-state index contributed by atoms with van der Waals surface area (Å²) in [7, 11) is 0. The molecule has 2 N–H and O–H groups in total. The monoisotopic (exact) mass is 372 g/mol. The van der Waals surface area contributed by atoms with Crippen LogP contribution >= 0.6 is 0 Å². The molecule has 1 aliphatic carbocycles. The second kappa shape index (κ2) is 7.62. The summed E-state index contributed by atoms with van der Waals surface area (Å²) < 4.78 is 18.7. The van der Waals surface area contributed by atoms with Crippen molar-refractivity contribution in [1.29, 1.82) is 0 Å². The fourth-order valence-corrected chi connectivity index (χ4v) is 4.13.